The number of carbonyl (C=O) groups is 2. The van der Waals surface area contributed by atoms with E-state index in [4.69, 9.17) is 9.47 Å². The molecule has 0 saturated carbocycles. The Bertz CT molecular complexity index is 596. The summed E-state index contributed by atoms with van der Waals surface area (Å²) in [5, 5.41) is 19.4. The monoisotopic (exact) mass is 308 g/mol. The number of rotatable bonds is 4. The summed E-state index contributed by atoms with van der Waals surface area (Å²) >= 11 is 0. The smallest absolute Gasteiger partial charge is 0.355 e. The zero-order chi connectivity index (χ0) is 15.7. The van der Waals surface area contributed by atoms with Crippen LogP contribution in [0.1, 0.15) is 16.9 Å². The molecule has 3 rings (SSSR count). The lowest BCUT2D eigenvalue weighted by atomic mass is 10.2. The molecule has 8 nitrogen and oxygen atoms in total. The van der Waals surface area contributed by atoms with Crippen molar-refractivity contribution < 1.29 is 29.3 Å². The van der Waals surface area contributed by atoms with Crippen LogP contribution in [-0.2, 0) is 14.3 Å². The highest BCUT2D eigenvalue weighted by Gasteiger charge is 2.44. The van der Waals surface area contributed by atoms with E-state index >= 15 is 0 Å². The molecule has 3 heterocycles. The number of esters is 1. The van der Waals surface area contributed by atoms with Crippen molar-refractivity contribution in [1.82, 2.24) is 9.88 Å². The van der Waals surface area contributed by atoms with Gasteiger partial charge in [-0.2, -0.15) is 0 Å². The molecule has 0 spiro atoms. The van der Waals surface area contributed by atoms with Gasteiger partial charge < -0.3 is 24.7 Å². The molecule has 1 saturated heterocycles. The van der Waals surface area contributed by atoms with E-state index in [1.54, 1.807) is 24.4 Å². The lowest BCUT2D eigenvalue weighted by molar-refractivity contribution is -0.152. The summed E-state index contributed by atoms with van der Waals surface area (Å²) in [5.41, 5.74) is 0.880. The quantitative estimate of drug-likeness (QED) is 0.504. The van der Waals surface area contributed by atoms with Crippen molar-refractivity contribution in [3.63, 3.8) is 0 Å². The van der Waals surface area contributed by atoms with Gasteiger partial charge in [-0.05, 0) is 12.1 Å². The molecule has 0 unspecified atom stereocenters. The molecular weight excluding hydrogens is 292 g/mol. The van der Waals surface area contributed by atoms with E-state index < -0.39 is 30.4 Å². The Morgan fingerprint density at radius 1 is 1.50 bits per heavy atom. The summed E-state index contributed by atoms with van der Waals surface area (Å²) < 4.78 is 10.6. The zero-order valence-corrected chi connectivity index (χ0v) is 11.6. The Labute approximate surface area is 125 Å². The molecule has 22 heavy (non-hydrogen) atoms. The number of aromatic amines is 1. The Morgan fingerprint density at radius 3 is 2.95 bits per heavy atom. The number of aliphatic hydroxyl groups is 2. The number of aliphatic hydroxyl groups excluding tert-OH is 2. The molecule has 1 aromatic rings. The molecule has 1 amide bonds. The van der Waals surface area contributed by atoms with Gasteiger partial charge in [-0.3, -0.25) is 9.69 Å². The van der Waals surface area contributed by atoms with Crippen molar-refractivity contribution in [2.24, 2.45) is 0 Å². The molecule has 8 heteroatoms. The number of hydrogen-bond donors (Lipinski definition) is 3. The van der Waals surface area contributed by atoms with Crippen molar-refractivity contribution in [2.45, 2.75) is 25.0 Å². The highest BCUT2D eigenvalue weighted by Crippen LogP contribution is 2.27. The molecule has 0 aromatic carbocycles. The standard InChI is InChI=1S/C14H16N2O6/c17-10-6-11(18)16(12(10)19)13-8(3-5-21-13)7-22-14(20)9-2-1-4-15-9/h1-4,10-11,13,15,17-18H,5-7H2/t10-,11+,13+/m0/s1. The summed E-state index contributed by atoms with van der Waals surface area (Å²) in [4.78, 5) is 27.5. The first-order valence-electron chi connectivity index (χ1n) is 6.87. The maximum atomic E-state index is 11.9. The molecule has 0 aliphatic carbocycles. The third-order valence-corrected chi connectivity index (χ3v) is 3.65. The first-order chi connectivity index (χ1) is 10.6. The molecule has 2 aliphatic heterocycles. The van der Waals surface area contributed by atoms with Gasteiger partial charge >= 0.3 is 5.97 Å². The lowest BCUT2D eigenvalue weighted by Gasteiger charge is -2.28. The summed E-state index contributed by atoms with van der Waals surface area (Å²) in [5.74, 6) is -1.12. The second-order valence-electron chi connectivity index (χ2n) is 5.10. The second-order valence-corrected chi connectivity index (χ2v) is 5.10. The molecule has 2 aliphatic rings. The van der Waals surface area contributed by atoms with Gasteiger partial charge in [0.25, 0.3) is 5.91 Å². The summed E-state index contributed by atoms with van der Waals surface area (Å²) in [6.07, 6.45) is 0.0648. The molecule has 1 fully saturated rings. The van der Waals surface area contributed by atoms with E-state index in [0.717, 1.165) is 4.90 Å². The molecule has 3 atom stereocenters. The van der Waals surface area contributed by atoms with E-state index in [1.807, 2.05) is 0 Å². The first kappa shape index (κ1) is 14.8. The minimum atomic E-state index is -1.23. The molecule has 1 aromatic heterocycles. The molecular formula is C14H16N2O6. The van der Waals surface area contributed by atoms with Crippen LogP contribution in [0.5, 0.6) is 0 Å². The van der Waals surface area contributed by atoms with Crippen LogP contribution in [0.15, 0.2) is 30.0 Å². The number of nitrogens with one attached hydrogen (secondary N) is 1. The average Bonchev–Trinajstić information content (AvgIpc) is 3.20. The number of likely N-dealkylation sites (tertiary alicyclic amines) is 1. The third kappa shape index (κ3) is 2.63. The summed E-state index contributed by atoms with van der Waals surface area (Å²) in [7, 11) is 0. The third-order valence-electron chi connectivity index (χ3n) is 3.65. The Hall–Kier alpha value is -2.16. The van der Waals surface area contributed by atoms with Gasteiger partial charge in [0.05, 0.1) is 6.61 Å². The van der Waals surface area contributed by atoms with Gasteiger partial charge in [0.15, 0.2) is 6.23 Å². The number of aromatic nitrogens is 1. The number of amides is 1. The largest absolute Gasteiger partial charge is 0.456 e. The van der Waals surface area contributed by atoms with Crippen LogP contribution in [0.25, 0.3) is 0 Å². The first-order valence-corrected chi connectivity index (χ1v) is 6.87. The lowest BCUT2D eigenvalue weighted by Crippen LogP contribution is -2.44. The summed E-state index contributed by atoms with van der Waals surface area (Å²) in [6, 6.07) is 3.27. The fourth-order valence-electron chi connectivity index (χ4n) is 2.53. The maximum Gasteiger partial charge on any atom is 0.355 e. The van der Waals surface area contributed by atoms with Crippen molar-refractivity contribution in [1.29, 1.82) is 0 Å². The number of hydrogen-bond acceptors (Lipinski definition) is 6. The van der Waals surface area contributed by atoms with Crippen LogP contribution in [-0.4, -0.2) is 63.7 Å². The molecule has 0 radical (unpaired) electrons. The van der Waals surface area contributed by atoms with Gasteiger partial charge in [0.1, 0.15) is 24.6 Å². The van der Waals surface area contributed by atoms with Crippen LogP contribution < -0.4 is 0 Å². The fourth-order valence-corrected chi connectivity index (χ4v) is 2.53. The number of nitrogens with zero attached hydrogens (tertiary/aromatic N) is 1. The van der Waals surface area contributed by atoms with Gasteiger partial charge in [0, 0.05) is 18.2 Å². The minimum Gasteiger partial charge on any atom is -0.456 e. The SMILES string of the molecule is O=C(OCC1=CCO[C@H]1N1C(=O)[C@@H](O)C[C@H]1O)c1ccc[nH]1. The van der Waals surface area contributed by atoms with Crippen LogP contribution in [0, 0.1) is 0 Å². The predicted octanol–water partition coefficient (Wildman–Crippen LogP) is -0.634. The van der Waals surface area contributed by atoms with Crippen molar-refractivity contribution in [3.8, 4) is 0 Å². The number of carbonyl (C=O) groups excluding carboxylic acids is 2. The van der Waals surface area contributed by atoms with Gasteiger partial charge in [0.2, 0.25) is 0 Å². The molecule has 118 valence electrons. The average molecular weight is 308 g/mol. The van der Waals surface area contributed by atoms with Crippen LogP contribution in [0.3, 0.4) is 0 Å². The van der Waals surface area contributed by atoms with Crippen molar-refractivity contribution >= 4 is 11.9 Å². The normalized spacial score (nSPS) is 28.1. The summed E-state index contributed by atoms with van der Waals surface area (Å²) in [6.45, 7) is 0.182. The van der Waals surface area contributed by atoms with Crippen molar-refractivity contribution in [3.05, 3.63) is 35.7 Å². The topological polar surface area (TPSA) is 112 Å². The molecule has 0 bridgehead atoms. The Morgan fingerprint density at radius 2 is 2.32 bits per heavy atom. The second kappa shape index (κ2) is 5.91. The fraction of sp³-hybridized carbons (Fsp3) is 0.429. The number of ether oxygens (including phenoxy) is 2. The van der Waals surface area contributed by atoms with E-state index in [-0.39, 0.29) is 19.6 Å². The van der Waals surface area contributed by atoms with E-state index in [9.17, 15) is 19.8 Å². The Kier molecular flexibility index (Phi) is 3.97. The van der Waals surface area contributed by atoms with Gasteiger partial charge in [-0.25, -0.2) is 4.79 Å². The predicted molar refractivity (Wildman–Crippen MR) is 72.4 cm³/mol. The van der Waals surface area contributed by atoms with E-state index in [1.165, 1.54) is 0 Å². The van der Waals surface area contributed by atoms with Gasteiger partial charge in [-0.15, -0.1) is 0 Å². The van der Waals surface area contributed by atoms with E-state index in [0.29, 0.717) is 11.3 Å². The van der Waals surface area contributed by atoms with Gasteiger partial charge in [-0.1, -0.05) is 6.08 Å². The maximum absolute atomic E-state index is 11.9. The number of H-pyrrole nitrogens is 1. The highest BCUT2D eigenvalue weighted by atomic mass is 16.5. The zero-order valence-electron chi connectivity index (χ0n) is 11.6. The van der Waals surface area contributed by atoms with Crippen molar-refractivity contribution in [2.75, 3.05) is 13.2 Å². The highest BCUT2D eigenvalue weighted by molar-refractivity contribution is 5.87. The minimum absolute atomic E-state index is 0.0604. The Balaban J connectivity index is 1.64. The van der Waals surface area contributed by atoms with E-state index in [2.05, 4.69) is 4.98 Å². The molecule has 3 N–H and O–H groups in total. The van der Waals surface area contributed by atoms with Crippen LogP contribution >= 0.6 is 0 Å². The van der Waals surface area contributed by atoms with Crippen LogP contribution in [0.4, 0.5) is 0 Å². The van der Waals surface area contributed by atoms with Crippen LogP contribution in [0.2, 0.25) is 0 Å².